The number of aryl methyl sites for hydroxylation is 1. The minimum Gasteiger partial charge on any atom is -0.312 e. The van der Waals surface area contributed by atoms with Gasteiger partial charge in [-0.1, -0.05) is 12.5 Å². The maximum atomic E-state index is 13.1. The second kappa shape index (κ2) is 6.41. The van der Waals surface area contributed by atoms with E-state index in [1.807, 2.05) is 13.0 Å². The van der Waals surface area contributed by atoms with Gasteiger partial charge in [0.15, 0.2) is 0 Å². The van der Waals surface area contributed by atoms with E-state index in [0.29, 0.717) is 0 Å². The zero-order chi connectivity index (χ0) is 12.1. The molecule has 1 saturated heterocycles. The van der Waals surface area contributed by atoms with Gasteiger partial charge >= 0.3 is 0 Å². The molecule has 0 spiro atoms. The Morgan fingerprint density at radius 2 is 2.29 bits per heavy atom. The zero-order valence-electron chi connectivity index (χ0n) is 10.3. The van der Waals surface area contributed by atoms with Gasteiger partial charge in [0.1, 0.15) is 5.82 Å². The second-order valence-electron chi connectivity index (χ2n) is 4.69. The second-order valence-corrected chi connectivity index (χ2v) is 6.10. The number of thioether (sulfide) groups is 1. The number of hydrogen-bond donors (Lipinski definition) is 1. The van der Waals surface area contributed by atoms with Gasteiger partial charge in [-0.2, -0.15) is 11.8 Å². The van der Waals surface area contributed by atoms with Crippen LogP contribution in [0.3, 0.4) is 0 Å². The van der Waals surface area contributed by atoms with Crippen molar-refractivity contribution in [2.24, 2.45) is 0 Å². The minimum atomic E-state index is -0.139. The molecule has 1 atom stereocenters. The van der Waals surface area contributed by atoms with E-state index in [9.17, 15) is 4.39 Å². The van der Waals surface area contributed by atoms with E-state index in [0.717, 1.165) is 29.5 Å². The van der Waals surface area contributed by atoms with Crippen molar-refractivity contribution in [3.05, 3.63) is 35.1 Å². The first-order valence-electron chi connectivity index (χ1n) is 6.33. The van der Waals surface area contributed by atoms with Gasteiger partial charge in [0.2, 0.25) is 0 Å². The normalized spacial score (nSPS) is 20.5. The average Bonchev–Trinajstić information content (AvgIpc) is 2.35. The van der Waals surface area contributed by atoms with Crippen molar-refractivity contribution in [2.75, 3.05) is 12.3 Å². The molecule has 1 aliphatic rings. The van der Waals surface area contributed by atoms with Crippen LogP contribution in [0.2, 0.25) is 0 Å². The molecule has 1 nitrogen and oxygen atoms in total. The highest BCUT2D eigenvalue weighted by Gasteiger charge is 2.13. The number of hydrogen-bond acceptors (Lipinski definition) is 2. The molecule has 1 N–H and O–H groups in total. The van der Waals surface area contributed by atoms with Gasteiger partial charge in [0, 0.05) is 18.3 Å². The fraction of sp³-hybridized carbons (Fsp3) is 0.571. The summed E-state index contributed by atoms with van der Waals surface area (Å²) < 4.78 is 13.1. The smallest absolute Gasteiger partial charge is 0.123 e. The molecule has 1 unspecified atom stereocenters. The lowest BCUT2D eigenvalue weighted by atomic mass is 10.1. The summed E-state index contributed by atoms with van der Waals surface area (Å²) in [6, 6.07) is 5.01. The molecule has 0 bridgehead atoms. The van der Waals surface area contributed by atoms with Crippen LogP contribution in [-0.4, -0.2) is 17.5 Å². The van der Waals surface area contributed by atoms with E-state index >= 15 is 0 Å². The zero-order valence-corrected chi connectivity index (χ0v) is 11.2. The SMILES string of the molecule is Cc1ccc(F)cc1CNCC1CCCCS1. The topological polar surface area (TPSA) is 12.0 Å². The number of benzene rings is 1. The summed E-state index contributed by atoms with van der Waals surface area (Å²) in [7, 11) is 0. The first kappa shape index (κ1) is 12.9. The molecule has 1 aromatic carbocycles. The highest BCUT2D eigenvalue weighted by atomic mass is 32.2. The van der Waals surface area contributed by atoms with Crippen LogP contribution in [-0.2, 0) is 6.54 Å². The Kier molecular flexibility index (Phi) is 4.86. The Hall–Kier alpha value is -0.540. The third-order valence-electron chi connectivity index (χ3n) is 3.27. The van der Waals surface area contributed by atoms with Crippen LogP contribution in [0, 0.1) is 12.7 Å². The van der Waals surface area contributed by atoms with Gasteiger partial charge in [0.25, 0.3) is 0 Å². The Morgan fingerprint density at radius 3 is 3.06 bits per heavy atom. The van der Waals surface area contributed by atoms with E-state index in [4.69, 9.17) is 0 Å². The summed E-state index contributed by atoms with van der Waals surface area (Å²) in [5, 5.41) is 4.20. The summed E-state index contributed by atoms with van der Waals surface area (Å²) in [5.74, 6) is 1.16. The van der Waals surface area contributed by atoms with Gasteiger partial charge < -0.3 is 5.32 Å². The van der Waals surface area contributed by atoms with Gasteiger partial charge in [-0.25, -0.2) is 4.39 Å². The van der Waals surface area contributed by atoms with Crippen molar-refractivity contribution in [2.45, 2.75) is 38.0 Å². The molecule has 17 heavy (non-hydrogen) atoms. The predicted octanol–water partition coefficient (Wildman–Crippen LogP) is 3.51. The van der Waals surface area contributed by atoms with E-state index in [1.165, 1.54) is 31.1 Å². The molecule has 0 aromatic heterocycles. The first-order chi connectivity index (χ1) is 8.25. The Morgan fingerprint density at radius 1 is 1.41 bits per heavy atom. The van der Waals surface area contributed by atoms with Gasteiger partial charge in [-0.3, -0.25) is 0 Å². The molecule has 0 saturated carbocycles. The molecule has 1 heterocycles. The van der Waals surface area contributed by atoms with Crippen molar-refractivity contribution in [3.8, 4) is 0 Å². The first-order valence-corrected chi connectivity index (χ1v) is 7.38. The lowest BCUT2D eigenvalue weighted by Gasteiger charge is -2.21. The summed E-state index contributed by atoms with van der Waals surface area (Å²) in [6.07, 6.45) is 4.04. The van der Waals surface area contributed by atoms with Gasteiger partial charge in [-0.05, 0) is 48.8 Å². The highest BCUT2D eigenvalue weighted by molar-refractivity contribution is 7.99. The van der Waals surface area contributed by atoms with Gasteiger partial charge in [-0.15, -0.1) is 0 Å². The van der Waals surface area contributed by atoms with Crippen LogP contribution in [0.5, 0.6) is 0 Å². The fourth-order valence-corrected chi connectivity index (χ4v) is 3.44. The van der Waals surface area contributed by atoms with Crippen molar-refractivity contribution < 1.29 is 4.39 Å². The maximum absolute atomic E-state index is 13.1. The van der Waals surface area contributed by atoms with Crippen molar-refractivity contribution in [3.63, 3.8) is 0 Å². The number of halogens is 1. The van der Waals surface area contributed by atoms with Gasteiger partial charge in [0.05, 0.1) is 0 Å². The molecule has 1 aliphatic heterocycles. The van der Waals surface area contributed by atoms with E-state index in [-0.39, 0.29) is 5.82 Å². The van der Waals surface area contributed by atoms with E-state index < -0.39 is 0 Å². The van der Waals surface area contributed by atoms with Crippen molar-refractivity contribution in [1.29, 1.82) is 0 Å². The monoisotopic (exact) mass is 253 g/mol. The quantitative estimate of drug-likeness (QED) is 0.881. The Balaban J connectivity index is 1.79. The van der Waals surface area contributed by atoms with Crippen molar-refractivity contribution in [1.82, 2.24) is 5.32 Å². The lowest BCUT2D eigenvalue weighted by Crippen LogP contribution is -2.26. The van der Waals surface area contributed by atoms with E-state index in [2.05, 4.69) is 17.1 Å². The minimum absolute atomic E-state index is 0.139. The molecule has 0 radical (unpaired) electrons. The largest absolute Gasteiger partial charge is 0.312 e. The molecule has 0 aliphatic carbocycles. The molecule has 1 fully saturated rings. The molecular formula is C14H20FNS. The lowest BCUT2D eigenvalue weighted by molar-refractivity contribution is 0.591. The third kappa shape index (κ3) is 4.00. The maximum Gasteiger partial charge on any atom is 0.123 e. The standard InChI is InChI=1S/C14H20FNS/c1-11-5-6-13(15)8-12(11)9-16-10-14-4-2-3-7-17-14/h5-6,8,14,16H,2-4,7,9-10H2,1H3. The third-order valence-corrected chi connectivity index (χ3v) is 4.67. The fourth-order valence-electron chi connectivity index (χ4n) is 2.17. The number of nitrogens with one attached hydrogen (secondary N) is 1. The van der Waals surface area contributed by atoms with Crippen LogP contribution in [0.1, 0.15) is 30.4 Å². The molecule has 1 aromatic rings. The molecular weight excluding hydrogens is 233 g/mol. The number of rotatable bonds is 4. The summed E-state index contributed by atoms with van der Waals surface area (Å²) >= 11 is 2.07. The average molecular weight is 253 g/mol. The Bertz CT molecular complexity index is 361. The van der Waals surface area contributed by atoms with Crippen LogP contribution >= 0.6 is 11.8 Å². The molecule has 0 amide bonds. The van der Waals surface area contributed by atoms with Crippen molar-refractivity contribution >= 4 is 11.8 Å². The van der Waals surface area contributed by atoms with E-state index in [1.54, 1.807) is 6.07 Å². The molecule has 2 rings (SSSR count). The highest BCUT2D eigenvalue weighted by Crippen LogP contribution is 2.24. The van der Waals surface area contributed by atoms with Crippen LogP contribution < -0.4 is 5.32 Å². The van der Waals surface area contributed by atoms with Crippen LogP contribution in [0.15, 0.2) is 18.2 Å². The van der Waals surface area contributed by atoms with Crippen LogP contribution in [0.4, 0.5) is 4.39 Å². The summed E-state index contributed by atoms with van der Waals surface area (Å²) in [6.45, 7) is 3.85. The summed E-state index contributed by atoms with van der Waals surface area (Å²) in [4.78, 5) is 0. The predicted molar refractivity (Wildman–Crippen MR) is 72.9 cm³/mol. The molecule has 3 heteroatoms. The summed E-state index contributed by atoms with van der Waals surface area (Å²) in [5.41, 5.74) is 2.24. The Labute approximate surface area is 107 Å². The van der Waals surface area contributed by atoms with Crippen LogP contribution in [0.25, 0.3) is 0 Å². The molecule has 94 valence electrons.